The summed E-state index contributed by atoms with van der Waals surface area (Å²) in [7, 11) is 1.56. The van der Waals surface area contributed by atoms with Gasteiger partial charge in [-0.1, -0.05) is 12.1 Å². The number of methoxy groups -OCH3 is 1. The van der Waals surface area contributed by atoms with Crippen LogP contribution in [0.4, 0.5) is 0 Å². The maximum Gasteiger partial charge on any atom is 0.289 e. The highest BCUT2D eigenvalue weighted by molar-refractivity contribution is 5.97. The van der Waals surface area contributed by atoms with Crippen molar-refractivity contribution in [3.8, 4) is 5.75 Å². The Labute approximate surface area is 111 Å². The number of nitrogens with zero attached hydrogens (tertiary/aromatic N) is 1. The predicted octanol–water partition coefficient (Wildman–Crippen LogP) is 1.90. The maximum atomic E-state index is 12.2. The SMILES string of the molecule is CCN(CCO)C(=O)c1cc2cccc(OC)c2o1. The summed E-state index contributed by atoms with van der Waals surface area (Å²) < 4.78 is 10.8. The van der Waals surface area contributed by atoms with E-state index in [0.29, 0.717) is 24.4 Å². The minimum Gasteiger partial charge on any atom is -0.493 e. The average molecular weight is 263 g/mol. The maximum absolute atomic E-state index is 12.2. The van der Waals surface area contributed by atoms with Crippen molar-refractivity contribution in [1.82, 2.24) is 4.90 Å². The number of carbonyl (C=O) groups is 1. The van der Waals surface area contributed by atoms with Crippen molar-refractivity contribution in [2.24, 2.45) is 0 Å². The largest absolute Gasteiger partial charge is 0.493 e. The van der Waals surface area contributed by atoms with Gasteiger partial charge < -0.3 is 19.2 Å². The fourth-order valence-electron chi connectivity index (χ4n) is 1.98. The number of aliphatic hydroxyl groups excluding tert-OH is 1. The van der Waals surface area contributed by atoms with E-state index in [9.17, 15) is 4.79 Å². The number of hydrogen-bond donors (Lipinski definition) is 1. The second-order valence-electron chi connectivity index (χ2n) is 4.10. The van der Waals surface area contributed by atoms with Gasteiger partial charge in [0.15, 0.2) is 17.1 Å². The van der Waals surface area contributed by atoms with Crippen molar-refractivity contribution >= 4 is 16.9 Å². The van der Waals surface area contributed by atoms with Crippen molar-refractivity contribution in [2.45, 2.75) is 6.92 Å². The number of likely N-dealkylation sites (N-methyl/N-ethyl adjacent to an activating group) is 1. The Bertz CT molecular complexity index is 576. The molecule has 0 aliphatic rings. The highest BCUT2D eigenvalue weighted by atomic mass is 16.5. The van der Waals surface area contributed by atoms with Gasteiger partial charge in [0.2, 0.25) is 0 Å². The number of rotatable bonds is 5. The Kier molecular flexibility index (Phi) is 4.06. The third-order valence-corrected chi connectivity index (χ3v) is 2.98. The zero-order valence-electron chi connectivity index (χ0n) is 11.0. The summed E-state index contributed by atoms with van der Waals surface area (Å²) in [6.07, 6.45) is 0. The molecule has 1 amide bonds. The summed E-state index contributed by atoms with van der Waals surface area (Å²) in [6, 6.07) is 7.18. The molecule has 0 aliphatic carbocycles. The fraction of sp³-hybridized carbons (Fsp3) is 0.357. The van der Waals surface area contributed by atoms with E-state index in [2.05, 4.69) is 0 Å². The van der Waals surface area contributed by atoms with Crippen molar-refractivity contribution < 1.29 is 19.1 Å². The molecule has 0 spiro atoms. The van der Waals surface area contributed by atoms with Crippen LogP contribution in [0.25, 0.3) is 11.0 Å². The number of amides is 1. The molecule has 1 N–H and O–H groups in total. The van der Waals surface area contributed by atoms with E-state index in [1.54, 1.807) is 19.2 Å². The van der Waals surface area contributed by atoms with Crippen LogP contribution in [0.2, 0.25) is 0 Å². The molecule has 0 fully saturated rings. The summed E-state index contributed by atoms with van der Waals surface area (Å²) in [5.41, 5.74) is 0.563. The average Bonchev–Trinajstić information content (AvgIpc) is 2.87. The number of para-hydroxylation sites is 1. The molecule has 1 aromatic heterocycles. The minimum absolute atomic E-state index is 0.0663. The molecule has 0 aliphatic heterocycles. The minimum atomic E-state index is -0.227. The number of benzene rings is 1. The van der Waals surface area contributed by atoms with Crippen molar-refractivity contribution in [1.29, 1.82) is 0 Å². The molecule has 5 heteroatoms. The molecule has 2 rings (SSSR count). The van der Waals surface area contributed by atoms with Crippen LogP contribution in [0.5, 0.6) is 5.75 Å². The van der Waals surface area contributed by atoms with Crippen LogP contribution in [0.15, 0.2) is 28.7 Å². The topological polar surface area (TPSA) is 62.9 Å². The van der Waals surface area contributed by atoms with E-state index in [4.69, 9.17) is 14.3 Å². The zero-order valence-corrected chi connectivity index (χ0v) is 11.0. The Hall–Kier alpha value is -2.01. The predicted molar refractivity (Wildman–Crippen MR) is 71.4 cm³/mol. The number of aliphatic hydroxyl groups is 1. The third-order valence-electron chi connectivity index (χ3n) is 2.98. The highest BCUT2D eigenvalue weighted by Gasteiger charge is 2.19. The van der Waals surface area contributed by atoms with Crippen LogP contribution in [0, 0.1) is 0 Å². The van der Waals surface area contributed by atoms with Crippen LogP contribution in [-0.2, 0) is 0 Å². The molecule has 1 heterocycles. The molecule has 19 heavy (non-hydrogen) atoms. The van der Waals surface area contributed by atoms with E-state index in [1.807, 2.05) is 19.1 Å². The standard InChI is InChI=1S/C14H17NO4/c1-3-15(7-8-16)14(17)12-9-10-5-4-6-11(18-2)13(10)19-12/h4-6,9,16H,3,7-8H2,1-2H3. The molecule has 5 nitrogen and oxygen atoms in total. The van der Waals surface area contributed by atoms with Gasteiger partial charge in [0.05, 0.1) is 13.7 Å². The molecule has 0 saturated carbocycles. The lowest BCUT2D eigenvalue weighted by atomic mass is 10.2. The van der Waals surface area contributed by atoms with Gasteiger partial charge in [-0.2, -0.15) is 0 Å². The molecule has 0 unspecified atom stereocenters. The summed E-state index contributed by atoms with van der Waals surface area (Å²) in [6.45, 7) is 2.61. The first-order valence-electron chi connectivity index (χ1n) is 6.18. The van der Waals surface area contributed by atoms with Crippen molar-refractivity contribution in [3.05, 3.63) is 30.0 Å². The number of hydrogen-bond acceptors (Lipinski definition) is 4. The van der Waals surface area contributed by atoms with Crippen molar-refractivity contribution in [3.63, 3.8) is 0 Å². The first-order valence-corrected chi connectivity index (χ1v) is 6.18. The van der Waals surface area contributed by atoms with Gasteiger partial charge in [-0.15, -0.1) is 0 Å². The summed E-state index contributed by atoms with van der Waals surface area (Å²) in [5.74, 6) is 0.631. The summed E-state index contributed by atoms with van der Waals surface area (Å²) in [5, 5.41) is 9.76. The fourth-order valence-corrected chi connectivity index (χ4v) is 1.98. The molecule has 0 atom stereocenters. The molecule has 0 radical (unpaired) electrons. The van der Waals surface area contributed by atoms with Crippen molar-refractivity contribution in [2.75, 3.05) is 26.8 Å². The lowest BCUT2D eigenvalue weighted by Gasteiger charge is -2.17. The van der Waals surface area contributed by atoms with Gasteiger partial charge in [0, 0.05) is 18.5 Å². The van der Waals surface area contributed by atoms with Crippen LogP contribution < -0.4 is 4.74 Å². The van der Waals surface area contributed by atoms with Gasteiger partial charge in [0.1, 0.15) is 0 Å². The quantitative estimate of drug-likeness (QED) is 0.894. The van der Waals surface area contributed by atoms with Crippen LogP contribution in [0.1, 0.15) is 17.5 Å². The second kappa shape index (κ2) is 5.75. The van der Waals surface area contributed by atoms with Crippen LogP contribution in [-0.4, -0.2) is 42.7 Å². The van der Waals surface area contributed by atoms with E-state index in [1.165, 1.54) is 4.90 Å². The molecular formula is C14H17NO4. The number of carbonyl (C=O) groups excluding carboxylic acids is 1. The molecular weight excluding hydrogens is 246 g/mol. The van der Waals surface area contributed by atoms with Gasteiger partial charge in [-0.3, -0.25) is 4.79 Å². The number of ether oxygens (including phenoxy) is 1. The first kappa shape index (κ1) is 13.4. The number of fused-ring (bicyclic) bond motifs is 1. The van der Waals surface area contributed by atoms with Crippen LogP contribution in [0.3, 0.4) is 0 Å². The molecule has 0 bridgehead atoms. The van der Waals surface area contributed by atoms with Gasteiger partial charge in [0.25, 0.3) is 5.91 Å². The normalized spacial score (nSPS) is 10.7. The molecule has 102 valence electrons. The number of furan rings is 1. The van der Waals surface area contributed by atoms with E-state index < -0.39 is 0 Å². The van der Waals surface area contributed by atoms with Gasteiger partial charge in [-0.25, -0.2) is 0 Å². The summed E-state index contributed by atoms with van der Waals surface area (Å²) in [4.78, 5) is 13.7. The van der Waals surface area contributed by atoms with Crippen LogP contribution >= 0.6 is 0 Å². The first-order chi connectivity index (χ1) is 9.21. The Morgan fingerprint density at radius 2 is 2.26 bits per heavy atom. The summed E-state index contributed by atoms with van der Waals surface area (Å²) >= 11 is 0. The van der Waals surface area contributed by atoms with E-state index >= 15 is 0 Å². The Morgan fingerprint density at radius 1 is 1.47 bits per heavy atom. The third kappa shape index (κ3) is 2.56. The Morgan fingerprint density at radius 3 is 2.89 bits per heavy atom. The molecule has 0 saturated heterocycles. The monoisotopic (exact) mass is 263 g/mol. The highest BCUT2D eigenvalue weighted by Crippen LogP contribution is 2.28. The second-order valence-corrected chi connectivity index (χ2v) is 4.10. The smallest absolute Gasteiger partial charge is 0.289 e. The van der Waals surface area contributed by atoms with Gasteiger partial charge >= 0.3 is 0 Å². The Balaban J connectivity index is 2.37. The van der Waals surface area contributed by atoms with Gasteiger partial charge in [-0.05, 0) is 19.1 Å². The molecule has 2 aromatic rings. The molecule has 1 aromatic carbocycles. The zero-order chi connectivity index (χ0) is 13.8. The lowest BCUT2D eigenvalue weighted by Crippen LogP contribution is -2.33. The lowest BCUT2D eigenvalue weighted by molar-refractivity contribution is 0.0702. The van der Waals surface area contributed by atoms with E-state index in [0.717, 1.165) is 5.39 Å². The van der Waals surface area contributed by atoms with E-state index in [-0.39, 0.29) is 18.3 Å².